The monoisotopic (exact) mass is 166 g/mol. The van der Waals surface area contributed by atoms with Gasteiger partial charge in [-0.2, -0.15) is 8.42 Å². The minimum absolute atomic E-state index is 0. The van der Waals surface area contributed by atoms with E-state index in [1.807, 2.05) is 0 Å². The van der Waals surface area contributed by atoms with E-state index in [-0.39, 0.29) is 36.2 Å². The first kappa shape index (κ1) is 12.0. The van der Waals surface area contributed by atoms with Gasteiger partial charge in [0.1, 0.15) is 0 Å². The summed E-state index contributed by atoms with van der Waals surface area (Å²) in [7, 11) is -3.48. The fraction of sp³-hybridized carbons (Fsp3) is 1.00. The van der Waals surface area contributed by atoms with Gasteiger partial charge in [0.2, 0.25) is 0 Å². The number of hydrogen-bond acceptors (Lipinski definition) is 3. The Kier molecular flexibility index (Phi) is 7.61. The topological polar surface area (TPSA) is 43.4 Å². The van der Waals surface area contributed by atoms with E-state index < -0.39 is 9.15 Å². The second-order valence-electron chi connectivity index (χ2n) is 0.834. The van der Waals surface area contributed by atoms with Crippen LogP contribution < -0.4 is 0 Å². The van der Waals surface area contributed by atoms with Gasteiger partial charge in [-0.05, 0) is 18.6 Å². The zero-order valence-corrected chi connectivity index (χ0v) is 5.50. The molecule has 0 aliphatic rings. The van der Waals surface area contributed by atoms with Gasteiger partial charge in [0.15, 0.2) is 0 Å². The standard InChI is InChI=1S/C2H6O3S2.Na.H/c1-2-5-7(3,4)6;;/h2H2,1H3,(H,3,4,6);;. The zero-order valence-electron chi connectivity index (χ0n) is 3.79. The molecule has 8 heavy (non-hydrogen) atoms. The third kappa shape index (κ3) is 10.3. The van der Waals surface area contributed by atoms with Gasteiger partial charge in [0.25, 0.3) is 0 Å². The van der Waals surface area contributed by atoms with Crippen molar-refractivity contribution in [2.75, 3.05) is 6.61 Å². The van der Waals surface area contributed by atoms with Crippen LogP contribution in [0.3, 0.4) is 0 Å². The zero-order chi connectivity index (χ0) is 5.91. The van der Waals surface area contributed by atoms with Crippen LogP contribution >= 0.6 is 11.7 Å². The first-order valence-electron chi connectivity index (χ1n) is 1.68. The average molecular weight is 166 g/mol. The number of hydrogen-bond donors (Lipinski definition) is 1. The molecule has 3 nitrogen and oxygen atoms in total. The van der Waals surface area contributed by atoms with Crippen LogP contribution in [0.5, 0.6) is 0 Å². The van der Waals surface area contributed by atoms with Gasteiger partial charge in [-0.3, -0.25) is 4.18 Å². The van der Waals surface area contributed by atoms with E-state index in [0.29, 0.717) is 0 Å². The molecule has 6 heteroatoms. The third-order valence-corrected chi connectivity index (χ3v) is 1.12. The Morgan fingerprint density at radius 1 is 1.62 bits per heavy atom. The summed E-state index contributed by atoms with van der Waals surface area (Å²) in [5, 5.41) is 0. The Morgan fingerprint density at radius 2 is 2.00 bits per heavy atom. The molecule has 0 aromatic heterocycles. The molecule has 0 heterocycles. The normalized spacial score (nSPS) is 10.2. The molecule has 0 atom stereocenters. The summed E-state index contributed by atoms with van der Waals surface area (Å²) >= 11 is 3.08. The predicted molar refractivity (Wildman–Crippen MR) is 36.7 cm³/mol. The average Bonchev–Trinajstić information content (AvgIpc) is 1.30. The summed E-state index contributed by atoms with van der Waals surface area (Å²) in [6.07, 6.45) is 0. The van der Waals surface area contributed by atoms with Crippen molar-refractivity contribution in [3.05, 3.63) is 0 Å². The molecule has 0 fully saturated rings. The summed E-state index contributed by atoms with van der Waals surface area (Å²) in [5.41, 5.74) is 0. The Hall–Kier alpha value is 1.26. The van der Waals surface area contributed by atoms with Crippen LogP contribution in [0, 0.1) is 0 Å². The van der Waals surface area contributed by atoms with Gasteiger partial charge in [0.05, 0.1) is 6.61 Å². The van der Waals surface area contributed by atoms with Crippen molar-refractivity contribution in [1.29, 1.82) is 0 Å². The van der Waals surface area contributed by atoms with Gasteiger partial charge in [-0.1, -0.05) is 0 Å². The van der Waals surface area contributed by atoms with Gasteiger partial charge in [0, 0.05) is 0 Å². The molecule has 0 aromatic rings. The van der Waals surface area contributed by atoms with Gasteiger partial charge >= 0.3 is 38.7 Å². The second-order valence-corrected chi connectivity index (χ2v) is 3.27. The molecule has 0 aliphatic heterocycles. The van der Waals surface area contributed by atoms with E-state index in [1.165, 1.54) is 0 Å². The van der Waals surface area contributed by atoms with Gasteiger partial charge in [-0.25, -0.2) is 0 Å². The molecular weight excluding hydrogens is 159 g/mol. The van der Waals surface area contributed by atoms with Crippen molar-refractivity contribution in [2.45, 2.75) is 6.92 Å². The Morgan fingerprint density at radius 3 is 2.00 bits per heavy atom. The first-order chi connectivity index (χ1) is 3.06. The third-order valence-electron chi connectivity index (χ3n) is 0.267. The molecule has 46 valence electrons. The molecule has 0 radical (unpaired) electrons. The molecule has 0 rings (SSSR count). The van der Waals surface area contributed by atoms with Crippen molar-refractivity contribution in [3.8, 4) is 0 Å². The molecule has 0 N–H and O–H groups in total. The van der Waals surface area contributed by atoms with Crippen LogP contribution in [-0.2, 0) is 13.3 Å². The van der Waals surface area contributed by atoms with E-state index >= 15 is 0 Å². The van der Waals surface area contributed by atoms with E-state index in [9.17, 15) is 8.42 Å². The SMILES string of the molecule is CCOS(=O)(=O)S.[NaH]. The van der Waals surface area contributed by atoms with Crippen molar-refractivity contribution in [3.63, 3.8) is 0 Å². The van der Waals surface area contributed by atoms with Crippen LogP contribution in [0.4, 0.5) is 0 Å². The number of rotatable bonds is 2. The van der Waals surface area contributed by atoms with Crippen LogP contribution in [-0.4, -0.2) is 44.6 Å². The summed E-state index contributed by atoms with van der Waals surface area (Å²) in [6.45, 7) is 1.72. The summed E-state index contributed by atoms with van der Waals surface area (Å²) in [5.74, 6) is 0. The molecule has 0 aromatic carbocycles. The maximum absolute atomic E-state index is 9.87. The Labute approximate surface area is 76.0 Å². The summed E-state index contributed by atoms with van der Waals surface area (Å²) in [4.78, 5) is 0. The molecule has 0 unspecified atom stereocenters. The molecule has 0 aliphatic carbocycles. The maximum atomic E-state index is 9.87. The van der Waals surface area contributed by atoms with Crippen molar-refractivity contribution in [1.82, 2.24) is 0 Å². The van der Waals surface area contributed by atoms with Crippen LogP contribution in [0.2, 0.25) is 0 Å². The van der Waals surface area contributed by atoms with E-state index in [4.69, 9.17) is 0 Å². The Bertz CT molecular complexity index is 128. The van der Waals surface area contributed by atoms with E-state index in [0.717, 1.165) is 0 Å². The summed E-state index contributed by atoms with van der Waals surface area (Å²) in [6, 6.07) is 0. The molecule has 0 bridgehead atoms. The Balaban J connectivity index is 0. The van der Waals surface area contributed by atoms with Crippen LogP contribution in [0.15, 0.2) is 0 Å². The molecular formula is C2H7NaO3S2. The van der Waals surface area contributed by atoms with Crippen LogP contribution in [0.25, 0.3) is 0 Å². The molecule has 0 amide bonds. The fourth-order valence-electron chi connectivity index (χ4n) is 0.149. The van der Waals surface area contributed by atoms with Crippen molar-refractivity contribution < 1.29 is 12.6 Å². The van der Waals surface area contributed by atoms with Crippen LogP contribution in [0.1, 0.15) is 6.92 Å². The van der Waals surface area contributed by atoms with E-state index in [2.05, 4.69) is 15.8 Å². The number of thiol groups is 1. The first-order valence-corrected chi connectivity index (χ1v) is 4.14. The summed E-state index contributed by atoms with van der Waals surface area (Å²) < 4.78 is 23.8. The van der Waals surface area contributed by atoms with E-state index in [1.54, 1.807) is 6.92 Å². The van der Waals surface area contributed by atoms with Gasteiger partial charge < -0.3 is 0 Å². The molecule has 0 saturated heterocycles. The van der Waals surface area contributed by atoms with Crippen molar-refractivity contribution >= 4 is 50.4 Å². The fourth-order valence-corrected chi connectivity index (χ4v) is 0.763. The predicted octanol–water partition coefficient (Wildman–Crippen LogP) is -0.451. The second kappa shape index (κ2) is 5.08. The molecule has 0 spiro atoms. The molecule has 0 saturated carbocycles. The quantitative estimate of drug-likeness (QED) is 0.343. The van der Waals surface area contributed by atoms with Gasteiger partial charge in [-0.15, -0.1) is 0 Å². The minimum atomic E-state index is -3.48. The van der Waals surface area contributed by atoms with Crippen molar-refractivity contribution in [2.24, 2.45) is 0 Å².